The second-order valence-corrected chi connectivity index (χ2v) is 4.97. The number of methoxy groups -OCH3 is 2. The van der Waals surface area contributed by atoms with Gasteiger partial charge < -0.3 is 18.9 Å². The Bertz CT molecular complexity index is 625. The Kier molecular flexibility index (Phi) is 5.04. The van der Waals surface area contributed by atoms with Crippen LogP contribution in [0.1, 0.15) is 24.2 Å². The molecule has 0 radical (unpaired) electrons. The van der Waals surface area contributed by atoms with Gasteiger partial charge in [-0.1, -0.05) is 11.2 Å². The Morgan fingerprint density at radius 3 is 2.59 bits per heavy atom. The van der Waals surface area contributed by atoms with Crippen LogP contribution in [-0.2, 0) is 11.2 Å². The van der Waals surface area contributed by atoms with Crippen molar-refractivity contribution in [2.24, 2.45) is 0 Å². The van der Waals surface area contributed by atoms with Gasteiger partial charge in [0.05, 0.1) is 26.7 Å². The summed E-state index contributed by atoms with van der Waals surface area (Å²) in [4.78, 5) is 14.0. The van der Waals surface area contributed by atoms with Crippen LogP contribution in [0.2, 0.25) is 0 Å². The van der Waals surface area contributed by atoms with Gasteiger partial charge in [0.15, 0.2) is 11.5 Å². The van der Waals surface area contributed by atoms with Crippen LogP contribution in [0.25, 0.3) is 0 Å². The van der Waals surface area contributed by atoms with Crippen molar-refractivity contribution in [3.05, 3.63) is 41.8 Å². The summed E-state index contributed by atoms with van der Waals surface area (Å²) in [6, 6.07) is 7.07. The highest BCUT2D eigenvalue weighted by Crippen LogP contribution is 2.28. The van der Waals surface area contributed by atoms with Crippen LogP contribution in [0.3, 0.4) is 0 Å². The van der Waals surface area contributed by atoms with Crippen molar-refractivity contribution in [3.63, 3.8) is 0 Å². The maximum Gasteiger partial charge on any atom is 0.227 e. The standard InChI is InChI=1S/C16H20N2O4/c1-11(13-7-8-22-17-13)18(2)16(19)10-12-5-6-14(20-3)15(9-12)21-4/h5-9,11H,10H2,1-4H3/t11-/m0/s1. The molecular formula is C16H20N2O4. The highest BCUT2D eigenvalue weighted by molar-refractivity contribution is 5.79. The normalized spacial score (nSPS) is 11.8. The summed E-state index contributed by atoms with van der Waals surface area (Å²) in [7, 11) is 4.90. The summed E-state index contributed by atoms with van der Waals surface area (Å²) in [6.07, 6.45) is 1.78. The lowest BCUT2D eigenvalue weighted by Crippen LogP contribution is -2.31. The molecule has 0 N–H and O–H groups in total. The van der Waals surface area contributed by atoms with Crippen LogP contribution in [0.4, 0.5) is 0 Å². The molecule has 6 heteroatoms. The zero-order valence-electron chi connectivity index (χ0n) is 13.2. The number of carbonyl (C=O) groups excluding carboxylic acids is 1. The average Bonchev–Trinajstić information content (AvgIpc) is 3.07. The Hall–Kier alpha value is -2.50. The van der Waals surface area contributed by atoms with Gasteiger partial charge in [0.25, 0.3) is 0 Å². The Balaban J connectivity index is 2.08. The van der Waals surface area contributed by atoms with Gasteiger partial charge >= 0.3 is 0 Å². The smallest absolute Gasteiger partial charge is 0.227 e. The maximum atomic E-state index is 12.4. The molecule has 1 heterocycles. The first-order valence-electron chi connectivity index (χ1n) is 6.93. The summed E-state index contributed by atoms with van der Waals surface area (Å²) in [5.41, 5.74) is 1.59. The monoisotopic (exact) mass is 304 g/mol. The van der Waals surface area contributed by atoms with Gasteiger partial charge in [0.1, 0.15) is 12.0 Å². The van der Waals surface area contributed by atoms with Crippen molar-refractivity contribution in [3.8, 4) is 11.5 Å². The molecule has 22 heavy (non-hydrogen) atoms. The summed E-state index contributed by atoms with van der Waals surface area (Å²) in [5, 5.41) is 3.87. The van der Waals surface area contributed by atoms with Crippen LogP contribution in [-0.4, -0.2) is 37.2 Å². The molecule has 0 aliphatic rings. The SMILES string of the molecule is COc1ccc(CC(=O)N(C)[C@@H](C)c2ccon2)cc1OC. The zero-order valence-corrected chi connectivity index (χ0v) is 13.2. The number of amides is 1. The zero-order chi connectivity index (χ0) is 16.1. The highest BCUT2D eigenvalue weighted by Gasteiger charge is 2.20. The Morgan fingerprint density at radius 1 is 1.27 bits per heavy atom. The number of carbonyl (C=O) groups is 1. The molecule has 118 valence electrons. The lowest BCUT2D eigenvalue weighted by molar-refractivity contribution is -0.131. The van der Waals surface area contributed by atoms with Crippen LogP contribution >= 0.6 is 0 Å². The Labute approximate surface area is 129 Å². The largest absolute Gasteiger partial charge is 0.493 e. The number of aromatic nitrogens is 1. The molecule has 0 saturated heterocycles. The number of nitrogens with zero attached hydrogens (tertiary/aromatic N) is 2. The van der Waals surface area contributed by atoms with Crippen molar-refractivity contribution >= 4 is 5.91 Å². The second kappa shape index (κ2) is 6.98. The van der Waals surface area contributed by atoms with E-state index in [9.17, 15) is 4.79 Å². The van der Waals surface area contributed by atoms with Crippen molar-refractivity contribution < 1.29 is 18.8 Å². The molecule has 1 amide bonds. The number of benzene rings is 1. The van der Waals surface area contributed by atoms with Gasteiger partial charge in [-0.15, -0.1) is 0 Å². The third-order valence-electron chi connectivity index (χ3n) is 3.66. The molecule has 1 aromatic carbocycles. The molecule has 0 aliphatic heterocycles. The fraction of sp³-hybridized carbons (Fsp3) is 0.375. The third-order valence-corrected chi connectivity index (χ3v) is 3.66. The first kappa shape index (κ1) is 15.9. The van der Waals surface area contributed by atoms with E-state index >= 15 is 0 Å². The van der Waals surface area contributed by atoms with Crippen LogP contribution in [0.5, 0.6) is 11.5 Å². The number of ether oxygens (including phenoxy) is 2. The van der Waals surface area contributed by atoms with Crippen molar-refractivity contribution in [1.29, 1.82) is 0 Å². The van der Waals surface area contributed by atoms with Crippen LogP contribution < -0.4 is 9.47 Å². The predicted molar refractivity (Wildman–Crippen MR) is 80.9 cm³/mol. The first-order chi connectivity index (χ1) is 10.6. The van der Waals surface area contributed by atoms with Gasteiger partial charge in [-0.2, -0.15) is 0 Å². The lowest BCUT2D eigenvalue weighted by Gasteiger charge is -2.23. The fourth-order valence-electron chi connectivity index (χ4n) is 2.14. The lowest BCUT2D eigenvalue weighted by atomic mass is 10.1. The molecule has 0 unspecified atom stereocenters. The molecule has 0 fully saturated rings. The van der Waals surface area contributed by atoms with Crippen molar-refractivity contribution in [1.82, 2.24) is 10.1 Å². The van der Waals surface area contributed by atoms with E-state index in [1.54, 1.807) is 38.3 Å². The highest BCUT2D eigenvalue weighted by atomic mass is 16.5. The van der Waals surface area contributed by atoms with Gasteiger partial charge in [-0.3, -0.25) is 4.79 Å². The molecule has 1 atom stereocenters. The van der Waals surface area contributed by atoms with E-state index in [1.807, 2.05) is 19.1 Å². The fourth-order valence-corrected chi connectivity index (χ4v) is 2.14. The molecule has 0 spiro atoms. The topological polar surface area (TPSA) is 64.8 Å². The number of hydrogen-bond acceptors (Lipinski definition) is 5. The Morgan fingerprint density at radius 2 is 2.00 bits per heavy atom. The van der Waals surface area contributed by atoms with Gasteiger partial charge in [-0.25, -0.2) is 0 Å². The summed E-state index contributed by atoms with van der Waals surface area (Å²) in [6.45, 7) is 1.91. The van der Waals surface area contributed by atoms with Crippen LogP contribution in [0.15, 0.2) is 35.1 Å². The summed E-state index contributed by atoms with van der Waals surface area (Å²) < 4.78 is 15.3. The number of hydrogen-bond donors (Lipinski definition) is 0. The van der Waals surface area contributed by atoms with Gasteiger partial charge in [0, 0.05) is 13.1 Å². The summed E-state index contributed by atoms with van der Waals surface area (Å²) >= 11 is 0. The van der Waals surface area contributed by atoms with E-state index in [1.165, 1.54) is 6.26 Å². The molecule has 0 saturated carbocycles. The molecule has 6 nitrogen and oxygen atoms in total. The molecular weight excluding hydrogens is 284 g/mol. The molecule has 2 rings (SSSR count). The third kappa shape index (κ3) is 3.39. The first-order valence-corrected chi connectivity index (χ1v) is 6.93. The van der Waals surface area contributed by atoms with E-state index in [0.29, 0.717) is 11.5 Å². The minimum Gasteiger partial charge on any atom is -0.493 e. The summed E-state index contributed by atoms with van der Waals surface area (Å²) in [5.74, 6) is 1.24. The maximum absolute atomic E-state index is 12.4. The number of rotatable bonds is 6. The van der Waals surface area contributed by atoms with Gasteiger partial charge in [0.2, 0.25) is 5.91 Å². The van der Waals surface area contributed by atoms with Crippen molar-refractivity contribution in [2.45, 2.75) is 19.4 Å². The van der Waals surface area contributed by atoms with E-state index in [0.717, 1.165) is 11.3 Å². The minimum absolute atomic E-state index is 0.0114. The number of likely N-dealkylation sites (N-methyl/N-ethyl adjacent to an activating group) is 1. The van der Waals surface area contributed by atoms with Crippen molar-refractivity contribution in [2.75, 3.05) is 21.3 Å². The van der Waals surface area contributed by atoms with Gasteiger partial charge in [-0.05, 0) is 24.6 Å². The van der Waals surface area contributed by atoms with E-state index in [2.05, 4.69) is 5.16 Å². The molecule has 1 aromatic heterocycles. The average molecular weight is 304 g/mol. The minimum atomic E-state index is -0.147. The van der Waals surface area contributed by atoms with Crippen LogP contribution in [0, 0.1) is 0 Å². The molecule has 0 bridgehead atoms. The predicted octanol–water partition coefficient (Wildman–Crippen LogP) is 2.45. The molecule has 0 aliphatic carbocycles. The quantitative estimate of drug-likeness (QED) is 0.820. The second-order valence-electron chi connectivity index (χ2n) is 4.97. The van der Waals surface area contributed by atoms with E-state index < -0.39 is 0 Å². The molecule has 2 aromatic rings. The van der Waals surface area contributed by atoms with E-state index in [-0.39, 0.29) is 18.4 Å². The van der Waals surface area contributed by atoms with E-state index in [4.69, 9.17) is 14.0 Å².